The Hall–Kier alpha value is -0.690. The number of hydrogen-bond donors (Lipinski definition) is 8. The number of aliphatic hydroxyl groups is 8. The molecule has 0 aromatic carbocycles. The van der Waals surface area contributed by atoms with Gasteiger partial charge in [-0.1, -0.05) is 0 Å². The molecule has 0 spiro atoms. The molecule has 21 heavy (non-hydrogen) atoms. The van der Waals surface area contributed by atoms with Gasteiger partial charge in [0.2, 0.25) is 0 Å². The largest absolute Gasteiger partial charge is 0.394 e. The van der Waals surface area contributed by atoms with Gasteiger partial charge >= 0.3 is 0 Å². The van der Waals surface area contributed by atoms with Crippen LogP contribution in [0.15, 0.2) is 0 Å². The average molecular weight is 312 g/mol. The molecule has 1 rings (SSSR count). The maximum Gasteiger partial charge on any atom is 0.195 e. The fraction of sp³-hybridized carbons (Fsp3) is 0.909. The maximum atomic E-state index is 11.9. The van der Waals surface area contributed by atoms with Crippen molar-refractivity contribution >= 4 is 5.78 Å². The third-order valence-electron chi connectivity index (χ3n) is 3.33. The highest BCUT2D eigenvalue weighted by Gasteiger charge is 2.45. The quantitative estimate of drug-likeness (QED) is 0.235. The number of ketones is 1. The molecule has 8 N–H and O–H groups in total. The lowest BCUT2D eigenvalue weighted by molar-refractivity contribution is -0.200. The lowest BCUT2D eigenvalue weighted by Crippen LogP contribution is -2.59. The second-order valence-corrected chi connectivity index (χ2v) is 4.88. The van der Waals surface area contributed by atoms with Crippen molar-refractivity contribution in [3.8, 4) is 0 Å². The molecule has 1 fully saturated rings. The Morgan fingerprint density at radius 3 is 2.14 bits per heavy atom. The van der Waals surface area contributed by atoms with E-state index in [1.54, 1.807) is 0 Å². The van der Waals surface area contributed by atoms with Crippen molar-refractivity contribution in [2.24, 2.45) is 0 Å². The van der Waals surface area contributed by atoms with Crippen molar-refractivity contribution in [1.82, 2.24) is 0 Å². The Kier molecular flexibility index (Phi) is 6.59. The predicted molar refractivity (Wildman–Crippen MR) is 63.9 cm³/mol. The van der Waals surface area contributed by atoms with E-state index in [9.17, 15) is 35.4 Å². The van der Waals surface area contributed by atoms with Crippen LogP contribution in [0.2, 0.25) is 0 Å². The highest BCUT2D eigenvalue weighted by atomic mass is 16.5. The van der Waals surface area contributed by atoms with Gasteiger partial charge in [-0.25, -0.2) is 0 Å². The molecule has 1 unspecified atom stereocenters. The molecular formula is C11H20O10. The number of ether oxygens (including phenoxy) is 1. The summed E-state index contributed by atoms with van der Waals surface area (Å²) >= 11 is 0. The molecule has 1 aliphatic heterocycles. The molecule has 0 bridgehead atoms. The summed E-state index contributed by atoms with van der Waals surface area (Å²) in [6, 6.07) is 0. The number of carbonyl (C=O) groups excluding carboxylic acids is 1. The summed E-state index contributed by atoms with van der Waals surface area (Å²) in [4.78, 5) is 11.9. The van der Waals surface area contributed by atoms with Crippen molar-refractivity contribution < 1.29 is 50.4 Å². The van der Waals surface area contributed by atoms with Gasteiger partial charge in [0.05, 0.1) is 13.2 Å². The Morgan fingerprint density at radius 1 is 1.05 bits per heavy atom. The highest BCUT2D eigenvalue weighted by molar-refractivity contribution is 5.88. The topological polar surface area (TPSA) is 188 Å². The lowest BCUT2D eigenvalue weighted by atomic mass is 9.91. The Balaban J connectivity index is 2.73. The van der Waals surface area contributed by atoms with E-state index < -0.39 is 67.8 Å². The summed E-state index contributed by atoms with van der Waals surface area (Å²) < 4.78 is 4.80. The smallest absolute Gasteiger partial charge is 0.195 e. The van der Waals surface area contributed by atoms with Gasteiger partial charge < -0.3 is 45.6 Å². The zero-order valence-electron chi connectivity index (χ0n) is 10.9. The first-order chi connectivity index (χ1) is 9.72. The van der Waals surface area contributed by atoms with Crippen molar-refractivity contribution in [3.05, 3.63) is 0 Å². The van der Waals surface area contributed by atoms with Crippen LogP contribution in [0.25, 0.3) is 0 Å². The van der Waals surface area contributed by atoms with Crippen molar-refractivity contribution in [2.75, 3.05) is 13.2 Å². The van der Waals surface area contributed by atoms with Gasteiger partial charge in [0, 0.05) is 0 Å². The second kappa shape index (κ2) is 7.54. The Labute approximate surface area is 119 Å². The third-order valence-corrected chi connectivity index (χ3v) is 3.33. The zero-order chi connectivity index (χ0) is 16.3. The Morgan fingerprint density at radius 2 is 1.62 bits per heavy atom. The molecule has 124 valence electrons. The maximum absolute atomic E-state index is 11.9. The van der Waals surface area contributed by atoms with Crippen molar-refractivity contribution in [3.63, 3.8) is 0 Å². The number of Topliss-reactive ketones (excluding diaryl/α,β-unsaturated/α-hetero) is 1. The molecule has 0 aromatic heterocycles. The average Bonchev–Trinajstić information content (AvgIpc) is 2.49. The number of aliphatic hydroxyl groups excluding tert-OH is 8. The molecule has 0 radical (unpaired) electrons. The van der Waals surface area contributed by atoms with E-state index in [0.717, 1.165) is 0 Å². The summed E-state index contributed by atoms with van der Waals surface area (Å²) in [6.07, 6.45) is -14.8. The van der Waals surface area contributed by atoms with Crippen molar-refractivity contribution in [1.29, 1.82) is 0 Å². The van der Waals surface area contributed by atoms with E-state index in [2.05, 4.69) is 0 Å². The van der Waals surface area contributed by atoms with Gasteiger partial charge in [0.1, 0.15) is 48.8 Å². The van der Waals surface area contributed by atoms with E-state index >= 15 is 0 Å². The molecule has 0 aliphatic carbocycles. The van der Waals surface area contributed by atoms with Crippen LogP contribution in [0.4, 0.5) is 0 Å². The first kappa shape index (κ1) is 18.4. The van der Waals surface area contributed by atoms with E-state index in [4.69, 9.17) is 14.9 Å². The molecule has 10 nitrogen and oxygen atoms in total. The normalized spacial score (nSPS) is 35.8. The Bertz CT molecular complexity index is 350. The van der Waals surface area contributed by atoms with Crippen LogP contribution in [-0.4, -0.2) is 109 Å². The molecule has 0 amide bonds. The standard InChI is InChI=1S/C11H20O10/c12-1-3(13)5(15)7(17)8(18)10(20)11-9(19)6(16)4(14)2-21-11/h3-9,11-19H,1-2H2/t3-,4+,5+,6+,7+,8-,9-,11?/m1/s1. The number of rotatable bonds is 6. The van der Waals surface area contributed by atoms with Gasteiger partial charge in [0.25, 0.3) is 0 Å². The third kappa shape index (κ3) is 3.94. The second-order valence-electron chi connectivity index (χ2n) is 4.88. The van der Waals surface area contributed by atoms with E-state index in [-0.39, 0.29) is 0 Å². The first-order valence-corrected chi connectivity index (χ1v) is 6.25. The summed E-state index contributed by atoms with van der Waals surface area (Å²) in [5.41, 5.74) is 0. The fourth-order valence-electron chi connectivity index (χ4n) is 1.92. The number of carbonyl (C=O) groups is 1. The summed E-state index contributed by atoms with van der Waals surface area (Å²) in [5, 5.41) is 74.6. The SMILES string of the molecule is O=C(C1OC[C@H](O)[C@H](O)[C@H]1O)[C@H](O)[C@@H](O)[C@@H](O)[C@H](O)CO. The minimum atomic E-state index is -2.23. The molecule has 0 aromatic rings. The van der Waals surface area contributed by atoms with Crippen LogP contribution in [0.5, 0.6) is 0 Å². The van der Waals surface area contributed by atoms with Crippen LogP contribution in [0.3, 0.4) is 0 Å². The summed E-state index contributed by atoms with van der Waals surface area (Å²) in [5.74, 6) is -1.25. The van der Waals surface area contributed by atoms with Gasteiger partial charge in [0.15, 0.2) is 5.78 Å². The summed E-state index contributed by atoms with van der Waals surface area (Å²) in [7, 11) is 0. The van der Waals surface area contributed by atoms with E-state index in [1.807, 2.05) is 0 Å². The number of hydrogen-bond acceptors (Lipinski definition) is 10. The zero-order valence-corrected chi connectivity index (χ0v) is 10.9. The molecule has 10 heteroatoms. The molecule has 0 saturated carbocycles. The van der Waals surface area contributed by atoms with Gasteiger partial charge in [-0.2, -0.15) is 0 Å². The van der Waals surface area contributed by atoms with Crippen LogP contribution in [0, 0.1) is 0 Å². The molecule has 8 atom stereocenters. The summed E-state index contributed by atoms with van der Waals surface area (Å²) in [6.45, 7) is -1.38. The highest BCUT2D eigenvalue weighted by Crippen LogP contribution is 2.19. The fourth-order valence-corrected chi connectivity index (χ4v) is 1.92. The minimum absolute atomic E-state index is 0.473. The monoisotopic (exact) mass is 312 g/mol. The van der Waals surface area contributed by atoms with Gasteiger partial charge in [-0.3, -0.25) is 4.79 Å². The minimum Gasteiger partial charge on any atom is -0.394 e. The molecule has 1 heterocycles. The molecule has 1 saturated heterocycles. The first-order valence-electron chi connectivity index (χ1n) is 6.25. The van der Waals surface area contributed by atoms with Crippen LogP contribution < -0.4 is 0 Å². The van der Waals surface area contributed by atoms with Crippen LogP contribution in [-0.2, 0) is 9.53 Å². The molecular weight excluding hydrogens is 292 g/mol. The van der Waals surface area contributed by atoms with E-state index in [0.29, 0.717) is 0 Å². The van der Waals surface area contributed by atoms with Gasteiger partial charge in [-0.05, 0) is 0 Å². The predicted octanol–water partition coefficient (Wildman–Crippen LogP) is -5.53. The van der Waals surface area contributed by atoms with E-state index in [1.165, 1.54) is 0 Å². The van der Waals surface area contributed by atoms with Crippen LogP contribution in [0.1, 0.15) is 0 Å². The van der Waals surface area contributed by atoms with Gasteiger partial charge in [-0.15, -0.1) is 0 Å². The lowest BCUT2D eigenvalue weighted by Gasteiger charge is -2.36. The molecule has 1 aliphatic rings. The van der Waals surface area contributed by atoms with Crippen LogP contribution >= 0.6 is 0 Å². The van der Waals surface area contributed by atoms with Crippen molar-refractivity contribution in [2.45, 2.75) is 48.8 Å².